The summed E-state index contributed by atoms with van der Waals surface area (Å²) in [5, 5.41) is 16.4. The monoisotopic (exact) mass is 320 g/mol. The third-order valence-corrected chi connectivity index (χ3v) is 3.11. The summed E-state index contributed by atoms with van der Waals surface area (Å²) in [5.74, 6) is 0.974. The van der Waals surface area contributed by atoms with Crippen LogP contribution in [0.5, 0.6) is 0 Å². The van der Waals surface area contributed by atoms with Crippen LogP contribution < -0.4 is 16.0 Å². The number of benzene rings is 1. The Hall–Kier alpha value is -3.48. The van der Waals surface area contributed by atoms with Crippen molar-refractivity contribution in [3.8, 4) is 0 Å². The summed E-state index contributed by atoms with van der Waals surface area (Å²) < 4.78 is 0. The fourth-order valence-corrected chi connectivity index (χ4v) is 1.98. The molecule has 0 spiro atoms. The molecule has 7 heteroatoms. The Morgan fingerprint density at radius 3 is 2.29 bits per heavy atom. The highest BCUT2D eigenvalue weighted by Crippen LogP contribution is 2.09. The average molecular weight is 320 g/mol. The van der Waals surface area contributed by atoms with E-state index in [1.54, 1.807) is 30.5 Å². The molecular formula is C17H16N6O. The molecule has 0 saturated carbocycles. The number of carbonyl (C=O) groups excluding carboxylic acids is 1. The summed E-state index contributed by atoms with van der Waals surface area (Å²) in [7, 11) is 0. The highest BCUT2D eigenvalue weighted by Gasteiger charge is 2.04. The van der Waals surface area contributed by atoms with Gasteiger partial charge in [0, 0.05) is 11.9 Å². The zero-order chi connectivity index (χ0) is 16.6. The number of anilines is 3. The predicted octanol–water partition coefficient (Wildman–Crippen LogP) is 3.13. The van der Waals surface area contributed by atoms with E-state index >= 15 is 0 Å². The van der Waals surface area contributed by atoms with Crippen molar-refractivity contribution < 1.29 is 4.79 Å². The van der Waals surface area contributed by atoms with Gasteiger partial charge in [0.15, 0.2) is 5.82 Å². The topological polar surface area (TPSA) is 91.8 Å². The second-order valence-corrected chi connectivity index (χ2v) is 4.92. The van der Waals surface area contributed by atoms with Gasteiger partial charge in [-0.05, 0) is 36.4 Å². The van der Waals surface area contributed by atoms with Crippen molar-refractivity contribution in [3.05, 3.63) is 72.6 Å². The van der Waals surface area contributed by atoms with Crippen LogP contribution in [0.15, 0.2) is 66.9 Å². The van der Waals surface area contributed by atoms with Crippen LogP contribution >= 0.6 is 0 Å². The van der Waals surface area contributed by atoms with E-state index in [0.29, 0.717) is 23.9 Å². The van der Waals surface area contributed by atoms with E-state index in [1.165, 1.54) is 0 Å². The molecular weight excluding hydrogens is 304 g/mol. The van der Waals surface area contributed by atoms with Crippen molar-refractivity contribution in [1.29, 1.82) is 0 Å². The van der Waals surface area contributed by atoms with E-state index < -0.39 is 0 Å². The first-order chi connectivity index (χ1) is 11.8. The van der Waals surface area contributed by atoms with E-state index in [9.17, 15) is 4.79 Å². The fraction of sp³-hybridized carbons (Fsp3) is 0.0588. The molecule has 120 valence electrons. The van der Waals surface area contributed by atoms with E-state index in [4.69, 9.17) is 0 Å². The molecule has 0 radical (unpaired) electrons. The number of nitrogens with zero attached hydrogens (tertiary/aromatic N) is 3. The number of hydrogen-bond acceptors (Lipinski definition) is 5. The normalized spacial score (nSPS) is 10.0. The van der Waals surface area contributed by atoms with Crippen LogP contribution in [0.25, 0.3) is 0 Å². The van der Waals surface area contributed by atoms with E-state index in [2.05, 4.69) is 31.1 Å². The van der Waals surface area contributed by atoms with Crippen molar-refractivity contribution in [2.45, 2.75) is 6.54 Å². The first-order valence-corrected chi connectivity index (χ1v) is 7.40. The van der Waals surface area contributed by atoms with Gasteiger partial charge in [0.05, 0.1) is 12.2 Å². The third-order valence-electron chi connectivity index (χ3n) is 3.11. The number of amides is 2. The summed E-state index contributed by atoms with van der Waals surface area (Å²) in [4.78, 5) is 16.1. The van der Waals surface area contributed by atoms with Gasteiger partial charge >= 0.3 is 6.03 Å². The van der Waals surface area contributed by atoms with Gasteiger partial charge in [0.1, 0.15) is 5.82 Å². The van der Waals surface area contributed by atoms with Crippen molar-refractivity contribution in [2.24, 2.45) is 0 Å². The molecule has 2 amide bonds. The molecule has 3 aromatic rings. The lowest BCUT2D eigenvalue weighted by Gasteiger charge is -2.07. The van der Waals surface area contributed by atoms with Gasteiger partial charge in [-0.2, -0.15) is 0 Å². The summed E-state index contributed by atoms with van der Waals surface area (Å²) in [5.41, 5.74) is 1.61. The second-order valence-electron chi connectivity index (χ2n) is 4.92. The number of para-hydroxylation sites is 1. The Morgan fingerprint density at radius 2 is 1.58 bits per heavy atom. The van der Waals surface area contributed by atoms with Gasteiger partial charge in [-0.25, -0.2) is 4.79 Å². The third kappa shape index (κ3) is 4.51. The zero-order valence-electron chi connectivity index (χ0n) is 12.8. The molecule has 7 nitrogen and oxygen atoms in total. The Kier molecular flexibility index (Phi) is 4.94. The number of urea groups is 1. The van der Waals surface area contributed by atoms with Crippen LogP contribution in [0.2, 0.25) is 0 Å². The molecule has 0 aliphatic rings. The van der Waals surface area contributed by atoms with Crippen LogP contribution in [-0.4, -0.2) is 21.2 Å². The molecule has 0 unspecified atom stereocenters. The van der Waals surface area contributed by atoms with Crippen LogP contribution in [-0.2, 0) is 6.54 Å². The molecule has 1 aromatic carbocycles. The zero-order valence-corrected chi connectivity index (χ0v) is 12.8. The fourth-order valence-electron chi connectivity index (χ4n) is 1.98. The van der Waals surface area contributed by atoms with Gasteiger partial charge in [0.2, 0.25) is 0 Å². The standard InChI is InChI=1S/C17H16N6O/c24-17(20-13-6-2-1-3-7-13)21-16-10-9-15(22-23-16)19-12-14-8-4-5-11-18-14/h1-11H,12H2,(H,19,22)(H2,20,21,23,24). The van der Waals surface area contributed by atoms with Crippen LogP contribution in [0.4, 0.5) is 22.1 Å². The number of hydrogen-bond donors (Lipinski definition) is 3. The van der Waals surface area contributed by atoms with Crippen molar-refractivity contribution in [3.63, 3.8) is 0 Å². The van der Waals surface area contributed by atoms with Crippen molar-refractivity contribution in [1.82, 2.24) is 15.2 Å². The number of pyridine rings is 1. The molecule has 0 aliphatic carbocycles. The lowest BCUT2D eigenvalue weighted by atomic mass is 10.3. The van der Waals surface area contributed by atoms with Gasteiger partial charge in [0.25, 0.3) is 0 Å². The largest absolute Gasteiger partial charge is 0.363 e. The van der Waals surface area contributed by atoms with Gasteiger partial charge < -0.3 is 10.6 Å². The van der Waals surface area contributed by atoms with Gasteiger partial charge in [-0.15, -0.1) is 10.2 Å². The molecule has 3 N–H and O–H groups in total. The Bertz CT molecular complexity index is 777. The van der Waals surface area contributed by atoms with E-state index in [1.807, 2.05) is 36.4 Å². The molecule has 0 fully saturated rings. The molecule has 0 saturated heterocycles. The number of aromatic nitrogens is 3. The van der Waals surface area contributed by atoms with Crippen LogP contribution in [0.3, 0.4) is 0 Å². The quantitative estimate of drug-likeness (QED) is 0.672. The first-order valence-electron chi connectivity index (χ1n) is 7.40. The smallest absolute Gasteiger partial charge is 0.324 e. The maximum absolute atomic E-state index is 11.9. The van der Waals surface area contributed by atoms with Crippen LogP contribution in [0, 0.1) is 0 Å². The Morgan fingerprint density at radius 1 is 0.833 bits per heavy atom. The molecule has 3 rings (SSSR count). The van der Waals surface area contributed by atoms with Crippen LogP contribution in [0.1, 0.15) is 5.69 Å². The van der Waals surface area contributed by atoms with Gasteiger partial charge in [-0.1, -0.05) is 24.3 Å². The average Bonchev–Trinajstić information content (AvgIpc) is 2.63. The van der Waals surface area contributed by atoms with Crippen molar-refractivity contribution >= 4 is 23.4 Å². The first kappa shape index (κ1) is 15.4. The van der Waals surface area contributed by atoms with E-state index in [0.717, 1.165) is 5.69 Å². The minimum Gasteiger partial charge on any atom is -0.363 e. The Balaban J connectivity index is 1.51. The number of nitrogens with one attached hydrogen (secondary N) is 3. The van der Waals surface area contributed by atoms with Gasteiger partial charge in [-0.3, -0.25) is 10.3 Å². The molecule has 0 bridgehead atoms. The maximum Gasteiger partial charge on any atom is 0.324 e. The summed E-state index contributed by atoms with van der Waals surface area (Å²) in [6.07, 6.45) is 1.74. The number of rotatable bonds is 5. The summed E-state index contributed by atoms with van der Waals surface area (Å²) in [6, 6.07) is 17.9. The summed E-state index contributed by atoms with van der Waals surface area (Å²) in [6.45, 7) is 0.552. The predicted molar refractivity (Wildman–Crippen MR) is 92.7 cm³/mol. The highest BCUT2D eigenvalue weighted by molar-refractivity contribution is 5.99. The molecule has 24 heavy (non-hydrogen) atoms. The SMILES string of the molecule is O=C(Nc1ccccc1)Nc1ccc(NCc2ccccn2)nn1. The lowest BCUT2D eigenvalue weighted by Crippen LogP contribution is -2.20. The molecule has 0 atom stereocenters. The molecule has 0 aliphatic heterocycles. The molecule has 2 aromatic heterocycles. The number of carbonyl (C=O) groups is 1. The Labute approximate surface area is 139 Å². The minimum atomic E-state index is -0.371. The van der Waals surface area contributed by atoms with Crippen molar-refractivity contribution in [2.75, 3.05) is 16.0 Å². The second kappa shape index (κ2) is 7.68. The summed E-state index contributed by atoms with van der Waals surface area (Å²) >= 11 is 0. The molecule has 2 heterocycles. The minimum absolute atomic E-state index is 0.367. The van der Waals surface area contributed by atoms with E-state index in [-0.39, 0.29) is 6.03 Å². The lowest BCUT2D eigenvalue weighted by molar-refractivity contribution is 0.262. The maximum atomic E-state index is 11.9. The highest BCUT2D eigenvalue weighted by atomic mass is 16.2.